The lowest BCUT2D eigenvalue weighted by Crippen LogP contribution is -2.30. The van der Waals surface area contributed by atoms with E-state index < -0.39 is 0 Å². The molecule has 0 bridgehead atoms. The van der Waals surface area contributed by atoms with Gasteiger partial charge in [-0.25, -0.2) is 0 Å². The van der Waals surface area contributed by atoms with E-state index in [1.165, 1.54) is 11.1 Å². The van der Waals surface area contributed by atoms with Crippen molar-refractivity contribution in [2.45, 2.75) is 18.9 Å². The summed E-state index contributed by atoms with van der Waals surface area (Å²) in [4.78, 5) is 0. The normalized spacial score (nSPS) is 12.6. The molecule has 0 amide bonds. The van der Waals surface area contributed by atoms with Gasteiger partial charge in [0.25, 0.3) is 0 Å². The Balaban J connectivity index is 2.09. The van der Waals surface area contributed by atoms with Crippen molar-refractivity contribution >= 4 is 0 Å². The molecule has 0 saturated carbocycles. The van der Waals surface area contributed by atoms with Crippen LogP contribution in [0.3, 0.4) is 0 Å². The van der Waals surface area contributed by atoms with E-state index >= 15 is 0 Å². The van der Waals surface area contributed by atoms with Crippen LogP contribution < -0.4 is 5.32 Å². The van der Waals surface area contributed by atoms with Crippen LogP contribution in [-0.4, -0.2) is 26.3 Å². The van der Waals surface area contributed by atoms with E-state index in [2.05, 4.69) is 72.9 Å². The Hall–Kier alpha value is -1.64. The van der Waals surface area contributed by atoms with Gasteiger partial charge in [0.15, 0.2) is 0 Å². The fourth-order valence-electron chi connectivity index (χ4n) is 2.31. The highest BCUT2D eigenvalue weighted by Gasteiger charge is 2.13. The molecule has 20 heavy (non-hydrogen) atoms. The van der Waals surface area contributed by atoms with Crippen molar-refractivity contribution in [3.8, 4) is 0 Å². The highest BCUT2D eigenvalue weighted by Crippen LogP contribution is 2.23. The van der Waals surface area contributed by atoms with Crippen LogP contribution in [0.25, 0.3) is 0 Å². The molecule has 106 valence electrons. The molecule has 2 aromatic rings. The van der Waals surface area contributed by atoms with Gasteiger partial charge < -0.3 is 10.1 Å². The first kappa shape index (κ1) is 14.8. The molecular formula is C18H23NO. The Labute approximate surface area is 121 Å². The Morgan fingerprint density at radius 3 is 1.80 bits per heavy atom. The zero-order chi connectivity index (χ0) is 14.2. The van der Waals surface area contributed by atoms with Gasteiger partial charge in [-0.2, -0.15) is 0 Å². The molecule has 0 saturated heterocycles. The maximum Gasteiger partial charge on any atom is 0.0667 e. The van der Waals surface area contributed by atoms with Crippen molar-refractivity contribution in [1.29, 1.82) is 0 Å². The summed E-state index contributed by atoms with van der Waals surface area (Å²) in [5, 5.41) is 3.51. The number of benzene rings is 2. The van der Waals surface area contributed by atoms with Gasteiger partial charge in [-0.05, 0) is 18.1 Å². The lowest BCUT2D eigenvalue weighted by molar-refractivity contribution is 0.117. The van der Waals surface area contributed by atoms with Crippen LogP contribution in [0.1, 0.15) is 24.0 Å². The molecule has 0 aliphatic carbocycles. The first-order valence-electron chi connectivity index (χ1n) is 7.14. The molecule has 2 aromatic carbocycles. The molecule has 2 rings (SSSR count). The molecule has 0 fully saturated rings. The minimum Gasteiger partial charge on any atom is -0.380 e. The Morgan fingerprint density at radius 2 is 1.35 bits per heavy atom. The summed E-state index contributed by atoms with van der Waals surface area (Å²) >= 11 is 0. The maximum absolute atomic E-state index is 5.28. The van der Waals surface area contributed by atoms with Crippen LogP contribution in [0.5, 0.6) is 0 Å². The van der Waals surface area contributed by atoms with Gasteiger partial charge in [-0.1, -0.05) is 60.7 Å². The second-order valence-electron chi connectivity index (χ2n) is 5.08. The number of hydrogen-bond donors (Lipinski definition) is 1. The fraction of sp³-hybridized carbons (Fsp3) is 0.333. The molecular weight excluding hydrogens is 246 g/mol. The molecule has 2 heteroatoms. The molecule has 1 N–H and O–H groups in total. The van der Waals surface area contributed by atoms with Gasteiger partial charge in [0.2, 0.25) is 0 Å². The molecule has 2 nitrogen and oxygen atoms in total. The Kier molecular flexibility index (Phi) is 5.78. The van der Waals surface area contributed by atoms with E-state index in [0.717, 1.165) is 13.1 Å². The number of nitrogens with one attached hydrogen (secondary N) is 1. The Morgan fingerprint density at radius 1 is 0.850 bits per heavy atom. The fourth-order valence-corrected chi connectivity index (χ4v) is 2.31. The molecule has 1 unspecified atom stereocenters. The molecule has 0 aliphatic heterocycles. The van der Waals surface area contributed by atoms with Gasteiger partial charge in [0.1, 0.15) is 0 Å². The molecule has 0 heterocycles. The molecule has 0 radical (unpaired) electrons. The largest absolute Gasteiger partial charge is 0.380 e. The van der Waals surface area contributed by atoms with E-state index in [4.69, 9.17) is 4.74 Å². The third-order valence-electron chi connectivity index (χ3n) is 3.59. The molecule has 0 aliphatic rings. The zero-order valence-electron chi connectivity index (χ0n) is 12.3. The standard InChI is InChI=1S/C18H23NO/c1-15(20-2)13-19-14-18(16-9-5-3-6-10-16)17-11-7-4-8-12-17/h3-12,15,18-19H,13-14H2,1-2H3. The van der Waals surface area contributed by atoms with Crippen LogP contribution in [0.4, 0.5) is 0 Å². The van der Waals surface area contributed by atoms with E-state index in [1.807, 2.05) is 0 Å². The summed E-state index contributed by atoms with van der Waals surface area (Å²) in [7, 11) is 1.75. The second-order valence-corrected chi connectivity index (χ2v) is 5.08. The minimum absolute atomic E-state index is 0.238. The third kappa shape index (κ3) is 4.19. The van der Waals surface area contributed by atoms with Crippen LogP contribution in [0.2, 0.25) is 0 Å². The topological polar surface area (TPSA) is 21.3 Å². The van der Waals surface area contributed by atoms with Crippen LogP contribution in [0.15, 0.2) is 60.7 Å². The van der Waals surface area contributed by atoms with Gasteiger partial charge in [-0.3, -0.25) is 0 Å². The number of ether oxygens (including phenoxy) is 1. The van der Waals surface area contributed by atoms with Gasteiger partial charge in [0, 0.05) is 26.1 Å². The maximum atomic E-state index is 5.28. The van der Waals surface area contributed by atoms with E-state index in [1.54, 1.807) is 7.11 Å². The molecule has 0 spiro atoms. The second kappa shape index (κ2) is 7.83. The number of hydrogen-bond acceptors (Lipinski definition) is 2. The summed E-state index contributed by atoms with van der Waals surface area (Å²) in [6.45, 7) is 3.86. The first-order valence-corrected chi connectivity index (χ1v) is 7.14. The summed E-state index contributed by atoms with van der Waals surface area (Å²) in [5.41, 5.74) is 2.69. The van der Waals surface area contributed by atoms with Crippen molar-refractivity contribution in [3.05, 3.63) is 71.8 Å². The summed E-state index contributed by atoms with van der Waals surface area (Å²) < 4.78 is 5.28. The van der Waals surface area contributed by atoms with Crippen molar-refractivity contribution in [2.75, 3.05) is 20.2 Å². The average molecular weight is 269 g/mol. The smallest absolute Gasteiger partial charge is 0.0667 e. The van der Waals surface area contributed by atoms with Crippen LogP contribution >= 0.6 is 0 Å². The van der Waals surface area contributed by atoms with Gasteiger partial charge in [-0.15, -0.1) is 0 Å². The Bertz CT molecular complexity index is 444. The SMILES string of the molecule is COC(C)CNCC(c1ccccc1)c1ccccc1. The van der Waals surface area contributed by atoms with Crippen molar-refractivity contribution in [3.63, 3.8) is 0 Å². The van der Waals surface area contributed by atoms with Gasteiger partial charge in [0.05, 0.1) is 6.10 Å². The minimum atomic E-state index is 0.238. The van der Waals surface area contributed by atoms with Gasteiger partial charge >= 0.3 is 0 Å². The lowest BCUT2D eigenvalue weighted by atomic mass is 9.91. The average Bonchev–Trinajstić information content (AvgIpc) is 2.53. The van der Waals surface area contributed by atoms with E-state index in [0.29, 0.717) is 5.92 Å². The predicted octanol–water partition coefficient (Wildman–Crippen LogP) is 3.44. The lowest BCUT2D eigenvalue weighted by Gasteiger charge is -2.20. The van der Waals surface area contributed by atoms with Crippen LogP contribution in [0, 0.1) is 0 Å². The monoisotopic (exact) mass is 269 g/mol. The highest BCUT2D eigenvalue weighted by atomic mass is 16.5. The number of methoxy groups -OCH3 is 1. The zero-order valence-corrected chi connectivity index (χ0v) is 12.3. The highest BCUT2D eigenvalue weighted by molar-refractivity contribution is 5.32. The number of rotatable bonds is 7. The predicted molar refractivity (Wildman–Crippen MR) is 84.1 cm³/mol. The van der Waals surface area contributed by atoms with E-state index in [9.17, 15) is 0 Å². The third-order valence-corrected chi connectivity index (χ3v) is 3.59. The van der Waals surface area contributed by atoms with Crippen molar-refractivity contribution in [1.82, 2.24) is 5.32 Å². The van der Waals surface area contributed by atoms with Crippen LogP contribution in [-0.2, 0) is 4.74 Å². The summed E-state index contributed by atoms with van der Waals surface area (Å²) in [5.74, 6) is 0.376. The molecule has 0 aromatic heterocycles. The first-order chi connectivity index (χ1) is 9.81. The quantitative estimate of drug-likeness (QED) is 0.831. The van der Waals surface area contributed by atoms with E-state index in [-0.39, 0.29) is 6.10 Å². The summed E-state index contributed by atoms with van der Waals surface area (Å²) in [6, 6.07) is 21.3. The van der Waals surface area contributed by atoms with Crippen molar-refractivity contribution < 1.29 is 4.74 Å². The summed E-state index contributed by atoms with van der Waals surface area (Å²) in [6.07, 6.45) is 0.238. The molecule has 1 atom stereocenters. The van der Waals surface area contributed by atoms with Crippen molar-refractivity contribution in [2.24, 2.45) is 0 Å².